The molecule has 1 saturated heterocycles. The van der Waals surface area contributed by atoms with Crippen LogP contribution < -0.4 is 9.47 Å². The van der Waals surface area contributed by atoms with Crippen LogP contribution in [0.5, 0.6) is 11.5 Å². The van der Waals surface area contributed by atoms with Gasteiger partial charge in [-0.1, -0.05) is 24.3 Å². The van der Waals surface area contributed by atoms with Gasteiger partial charge in [-0.05, 0) is 61.7 Å². The van der Waals surface area contributed by atoms with Crippen molar-refractivity contribution < 1.29 is 19.1 Å². The van der Waals surface area contributed by atoms with E-state index in [1.807, 2.05) is 23.1 Å². The minimum atomic E-state index is -0.00391. The Morgan fingerprint density at radius 2 is 1.65 bits per heavy atom. The maximum atomic E-state index is 13.0. The third-order valence-electron chi connectivity index (χ3n) is 6.63. The number of piperidine rings is 1. The van der Waals surface area contributed by atoms with Crippen LogP contribution in [0.3, 0.4) is 0 Å². The van der Waals surface area contributed by atoms with Crippen LogP contribution in [0.4, 0.5) is 0 Å². The van der Waals surface area contributed by atoms with Gasteiger partial charge in [-0.15, -0.1) is 0 Å². The molecule has 0 aliphatic carbocycles. The van der Waals surface area contributed by atoms with E-state index in [2.05, 4.69) is 23.1 Å². The van der Waals surface area contributed by atoms with Crippen LogP contribution in [-0.4, -0.2) is 60.9 Å². The van der Waals surface area contributed by atoms with Crippen LogP contribution in [0.2, 0.25) is 0 Å². The third kappa shape index (κ3) is 4.30. The molecule has 31 heavy (non-hydrogen) atoms. The third-order valence-corrected chi connectivity index (χ3v) is 6.63. The Morgan fingerprint density at radius 3 is 2.45 bits per heavy atom. The number of fused-ring (bicyclic) bond motifs is 2. The molecule has 0 aromatic heterocycles. The Balaban J connectivity index is 1.14. The molecular formula is C25H28N2O4. The van der Waals surface area contributed by atoms with Gasteiger partial charge in [0.2, 0.25) is 5.91 Å². The fourth-order valence-corrected chi connectivity index (χ4v) is 4.79. The fraction of sp³-hybridized carbons (Fsp3) is 0.440. The molecule has 2 aromatic rings. The molecule has 0 bridgehead atoms. The molecule has 1 fully saturated rings. The summed E-state index contributed by atoms with van der Waals surface area (Å²) in [6.07, 6.45) is 2.49. The van der Waals surface area contributed by atoms with E-state index >= 15 is 0 Å². The van der Waals surface area contributed by atoms with Crippen molar-refractivity contribution in [3.05, 3.63) is 59.2 Å². The van der Waals surface area contributed by atoms with Gasteiger partial charge in [0.15, 0.2) is 17.3 Å². The molecule has 3 aliphatic heterocycles. The van der Waals surface area contributed by atoms with Crippen LogP contribution >= 0.6 is 0 Å². The highest BCUT2D eigenvalue weighted by molar-refractivity contribution is 5.98. The number of likely N-dealkylation sites (tertiary alicyclic amines) is 1. The van der Waals surface area contributed by atoms with Gasteiger partial charge in [0.1, 0.15) is 13.2 Å². The number of ketones is 1. The van der Waals surface area contributed by atoms with Crippen molar-refractivity contribution in [3.63, 3.8) is 0 Å². The molecule has 0 saturated carbocycles. The van der Waals surface area contributed by atoms with Crippen molar-refractivity contribution in [2.24, 2.45) is 5.92 Å². The van der Waals surface area contributed by atoms with Gasteiger partial charge >= 0.3 is 0 Å². The van der Waals surface area contributed by atoms with Crippen molar-refractivity contribution in [1.82, 2.24) is 9.80 Å². The predicted molar refractivity (Wildman–Crippen MR) is 116 cm³/mol. The summed E-state index contributed by atoms with van der Waals surface area (Å²) in [7, 11) is 0. The van der Waals surface area contributed by atoms with E-state index in [1.54, 1.807) is 6.07 Å². The second-order valence-electron chi connectivity index (χ2n) is 8.61. The Bertz CT molecular complexity index is 981. The first-order valence-electron chi connectivity index (χ1n) is 11.2. The first-order chi connectivity index (χ1) is 15.2. The molecule has 0 N–H and O–H groups in total. The highest BCUT2D eigenvalue weighted by Gasteiger charge is 2.29. The maximum Gasteiger partial charge on any atom is 0.237 e. The second kappa shape index (κ2) is 8.71. The van der Waals surface area contributed by atoms with Crippen LogP contribution in [0.15, 0.2) is 42.5 Å². The lowest BCUT2D eigenvalue weighted by Crippen LogP contribution is -2.45. The molecule has 5 rings (SSSR count). The van der Waals surface area contributed by atoms with Crippen molar-refractivity contribution in [2.75, 3.05) is 39.4 Å². The van der Waals surface area contributed by atoms with Crippen molar-refractivity contribution in [1.29, 1.82) is 0 Å². The Hall–Kier alpha value is -2.86. The first kappa shape index (κ1) is 20.1. The fourth-order valence-electron chi connectivity index (χ4n) is 4.79. The average molecular weight is 421 g/mol. The number of rotatable bonds is 4. The van der Waals surface area contributed by atoms with E-state index in [1.165, 1.54) is 11.1 Å². The maximum absolute atomic E-state index is 13.0. The summed E-state index contributed by atoms with van der Waals surface area (Å²) in [5, 5.41) is 0. The Morgan fingerprint density at radius 1 is 0.903 bits per heavy atom. The lowest BCUT2D eigenvalue weighted by Gasteiger charge is -2.34. The van der Waals surface area contributed by atoms with E-state index in [-0.39, 0.29) is 17.6 Å². The molecule has 162 valence electrons. The zero-order chi connectivity index (χ0) is 21.2. The molecule has 0 atom stereocenters. The second-order valence-corrected chi connectivity index (χ2v) is 8.61. The van der Waals surface area contributed by atoms with Gasteiger partial charge in [0.05, 0.1) is 6.54 Å². The summed E-state index contributed by atoms with van der Waals surface area (Å²) in [6, 6.07) is 13.8. The summed E-state index contributed by atoms with van der Waals surface area (Å²) in [5.41, 5.74) is 3.29. The summed E-state index contributed by atoms with van der Waals surface area (Å²) >= 11 is 0. The number of benzene rings is 2. The molecule has 0 radical (unpaired) electrons. The molecule has 2 aromatic carbocycles. The highest BCUT2D eigenvalue weighted by Crippen LogP contribution is 2.32. The Kier molecular flexibility index (Phi) is 5.64. The van der Waals surface area contributed by atoms with Crippen molar-refractivity contribution >= 4 is 11.7 Å². The molecule has 0 unspecified atom stereocenters. The smallest absolute Gasteiger partial charge is 0.237 e. The van der Waals surface area contributed by atoms with Crippen LogP contribution in [0, 0.1) is 5.92 Å². The normalized spacial score (nSPS) is 19.0. The number of hydrogen-bond acceptors (Lipinski definition) is 5. The summed E-state index contributed by atoms with van der Waals surface area (Å²) in [4.78, 5) is 30.0. The van der Waals surface area contributed by atoms with Gasteiger partial charge in [-0.2, -0.15) is 0 Å². The van der Waals surface area contributed by atoms with E-state index in [0.717, 1.165) is 38.9 Å². The number of Topliss-reactive ketones (excluding diaryl/α,β-unsaturated/α-hetero) is 1. The number of carbonyl (C=O) groups is 2. The minimum absolute atomic E-state index is 0.00391. The monoisotopic (exact) mass is 420 g/mol. The van der Waals surface area contributed by atoms with E-state index < -0.39 is 0 Å². The number of carbonyl (C=O) groups excluding carboxylic acids is 2. The van der Waals surface area contributed by atoms with Crippen molar-refractivity contribution in [3.8, 4) is 11.5 Å². The topological polar surface area (TPSA) is 59.1 Å². The van der Waals surface area contributed by atoms with Crippen molar-refractivity contribution in [2.45, 2.75) is 25.8 Å². The van der Waals surface area contributed by atoms with E-state index in [4.69, 9.17) is 9.47 Å². The summed E-state index contributed by atoms with van der Waals surface area (Å²) < 4.78 is 11.2. The molecule has 6 nitrogen and oxygen atoms in total. The first-order valence-corrected chi connectivity index (χ1v) is 11.2. The van der Waals surface area contributed by atoms with Gasteiger partial charge in [0.25, 0.3) is 0 Å². The number of ether oxygens (including phenoxy) is 2. The van der Waals surface area contributed by atoms with Gasteiger partial charge in [-0.3, -0.25) is 14.5 Å². The molecule has 6 heteroatoms. The zero-order valence-electron chi connectivity index (χ0n) is 17.7. The number of nitrogens with zero attached hydrogens (tertiary/aromatic N) is 2. The van der Waals surface area contributed by atoms with Crippen LogP contribution in [0.1, 0.15) is 34.3 Å². The number of hydrogen-bond donors (Lipinski definition) is 0. The zero-order valence-corrected chi connectivity index (χ0v) is 17.7. The lowest BCUT2D eigenvalue weighted by atomic mass is 9.88. The SMILES string of the molecule is O=C(c1ccc2c(c1)OCCO2)C1CCN(CC(=O)N2CCc3ccccc3C2)CC1. The van der Waals surface area contributed by atoms with Gasteiger partial charge < -0.3 is 14.4 Å². The molecule has 3 heterocycles. The van der Waals surface area contributed by atoms with E-state index in [0.29, 0.717) is 43.4 Å². The highest BCUT2D eigenvalue weighted by atomic mass is 16.6. The predicted octanol–water partition coefficient (Wildman–Crippen LogP) is 2.94. The number of amides is 1. The average Bonchev–Trinajstić information content (AvgIpc) is 2.83. The minimum Gasteiger partial charge on any atom is -0.486 e. The molecule has 0 spiro atoms. The molecule has 3 aliphatic rings. The largest absolute Gasteiger partial charge is 0.486 e. The Labute approximate surface area is 182 Å². The van der Waals surface area contributed by atoms with Gasteiger partial charge in [0, 0.05) is 24.6 Å². The van der Waals surface area contributed by atoms with Crippen LogP contribution in [0.25, 0.3) is 0 Å². The van der Waals surface area contributed by atoms with E-state index in [9.17, 15) is 9.59 Å². The summed E-state index contributed by atoms with van der Waals surface area (Å²) in [5.74, 6) is 1.71. The molecular weight excluding hydrogens is 392 g/mol. The van der Waals surface area contributed by atoms with Crippen LogP contribution in [-0.2, 0) is 17.8 Å². The summed E-state index contributed by atoms with van der Waals surface area (Å²) in [6.45, 7) is 4.53. The lowest BCUT2D eigenvalue weighted by molar-refractivity contribution is -0.133. The quantitative estimate of drug-likeness (QED) is 0.712. The standard InChI is InChI=1S/C25H28N2O4/c28-24(27-12-9-18-3-1-2-4-21(18)16-27)17-26-10-7-19(8-11-26)25(29)20-5-6-22-23(15-20)31-14-13-30-22/h1-6,15,19H,7-14,16-17H2. The van der Waals surface area contributed by atoms with Gasteiger partial charge in [-0.25, -0.2) is 0 Å². The molecule has 1 amide bonds.